The molecule has 0 aromatic carbocycles. The highest BCUT2D eigenvalue weighted by Gasteiger charge is 2.40. The maximum Gasteiger partial charge on any atom is 0.421 e. The SMILES string of the molecule is Cn1cc(-c2cnn3c(N)c(C(F)(F)F)c(C4CCCNC4)nc23)cn1. The second-order valence-electron chi connectivity index (χ2n) is 6.49. The van der Waals surface area contributed by atoms with Crippen molar-refractivity contribution in [2.75, 3.05) is 18.8 Å². The average Bonchev–Trinajstić information content (AvgIpc) is 3.20. The number of hydrogen-bond acceptors (Lipinski definition) is 5. The Morgan fingerprint density at radius 1 is 1.27 bits per heavy atom. The van der Waals surface area contributed by atoms with Crippen molar-refractivity contribution >= 4 is 11.5 Å². The molecule has 1 aliphatic heterocycles. The van der Waals surface area contributed by atoms with Crippen LogP contribution in [0.3, 0.4) is 0 Å². The minimum Gasteiger partial charge on any atom is -0.383 e. The number of fused-ring (bicyclic) bond motifs is 1. The molecule has 1 unspecified atom stereocenters. The van der Waals surface area contributed by atoms with Gasteiger partial charge >= 0.3 is 6.18 Å². The van der Waals surface area contributed by atoms with Crippen LogP contribution in [0.4, 0.5) is 19.0 Å². The van der Waals surface area contributed by atoms with Gasteiger partial charge in [-0.1, -0.05) is 0 Å². The van der Waals surface area contributed by atoms with Crippen LogP contribution in [0.25, 0.3) is 16.8 Å². The van der Waals surface area contributed by atoms with Crippen molar-refractivity contribution in [3.8, 4) is 11.1 Å². The lowest BCUT2D eigenvalue weighted by Crippen LogP contribution is -2.31. The third-order valence-electron chi connectivity index (χ3n) is 4.69. The van der Waals surface area contributed by atoms with Crippen LogP contribution in [-0.2, 0) is 13.2 Å². The molecule has 0 amide bonds. The van der Waals surface area contributed by atoms with E-state index in [4.69, 9.17) is 5.73 Å². The number of alkyl halides is 3. The Bertz CT molecular complexity index is 951. The maximum atomic E-state index is 13.7. The van der Waals surface area contributed by atoms with Crippen LogP contribution in [0, 0.1) is 0 Å². The summed E-state index contributed by atoms with van der Waals surface area (Å²) in [6, 6.07) is 0. The summed E-state index contributed by atoms with van der Waals surface area (Å²) in [6.45, 7) is 1.24. The molecule has 3 aromatic rings. The minimum absolute atomic E-state index is 0.0136. The van der Waals surface area contributed by atoms with E-state index in [-0.39, 0.29) is 11.6 Å². The molecule has 0 bridgehead atoms. The molecule has 4 rings (SSSR count). The molecule has 1 atom stereocenters. The summed E-state index contributed by atoms with van der Waals surface area (Å²) in [5.41, 5.74) is 6.64. The number of rotatable bonds is 2. The van der Waals surface area contributed by atoms with Crippen molar-refractivity contribution < 1.29 is 13.2 Å². The first-order valence-electron chi connectivity index (χ1n) is 8.30. The molecule has 3 N–H and O–H groups in total. The summed E-state index contributed by atoms with van der Waals surface area (Å²) >= 11 is 0. The number of anilines is 1. The highest BCUT2D eigenvalue weighted by Crippen LogP contribution is 2.41. The Kier molecular flexibility index (Phi) is 3.87. The zero-order valence-corrected chi connectivity index (χ0v) is 14.1. The van der Waals surface area contributed by atoms with Gasteiger partial charge in [0.1, 0.15) is 11.4 Å². The molecule has 4 heterocycles. The largest absolute Gasteiger partial charge is 0.421 e. The number of halogens is 3. The fraction of sp³-hybridized carbons (Fsp3) is 0.438. The molecule has 138 valence electrons. The molecule has 0 spiro atoms. The van der Waals surface area contributed by atoms with Gasteiger partial charge < -0.3 is 11.1 Å². The lowest BCUT2D eigenvalue weighted by atomic mass is 9.92. The first kappa shape index (κ1) is 16.8. The summed E-state index contributed by atoms with van der Waals surface area (Å²) in [4.78, 5) is 4.40. The van der Waals surface area contributed by atoms with E-state index in [1.54, 1.807) is 24.1 Å². The summed E-state index contributed by atoms with van der Waals surface area (Å²) in [5.74, 6) is -0.775. The van der Waals surface area contributed by atoms with Gasteiger partial charge in [0.15, 0.2) is 5.65 Å². The minimum atomic E-state index is -4.60. The zero-order valence-electron chi connectivity index (χ0n) is 14.1. The highest BCUT2D eigenvalue weighted by molar-refractivity contribution is 5.78. The van der Waals surface area contributed by atoms with Crippen molar-refractivity contribution in [3.63, 3.8) is 0 Å². The Morgan fingerprint density at radius 2 is 2.08 bits per heavy atom. The quantitative estimate of drug-likeness (QED) is 0.727. The van der Waals surface area contributed by atoms with Crippen LogP contribution in [0.15, 0.2) is 18.6 Å². The first-order valence-corrected chi connectivity index (χ1v) is 8.30. The van der Waals surface area contributed by atoms with Crippen molar-refractivity contribution in [3.05, 3.63) is 29.8 Å². The van der Waals surface area contributed by atoms with Crippen LogP contribution >= 0.6 is 0 Å². The number of piperidine rings is 1. The topological polar surface area (TPSA) is 86.1 Å². The molecule has 1 aliphatic rings. The molecular weight excluding hydrogens is 347 g/mol. The number of nitrogens with zero attached hydrogens (tertiary/aromatic N) is 5. The van der Waals surface area contributed by atoms with Crippen molar-refractivity contribution in [2.24, 2.45) is 7.05 Å². The number of nitrogens with one attached hydrogen (secondary N) is 1. The number of nitrogens with two attached hydrogens (primary N) is 1. The van der Waals surface area contributed by atoms with E-state index in [0.29, 0.717) is 24.2 Å². The van der Waals surface area contributed by atoms with Crippen LogP contribution in [0.5, 0.6) is 0 Å². The van der Waals surface area contributed by atoms with E-state index in [0.717, 1.165) is 23.0 Å². The molecule has 26 heavy (non-hydrogen) atoms. The van der Waals surface area contributed by atoms with Crippen LogP contribution in [0.1, 0.15) is 30.0 Å². The van der Waals surface area contributed by atoms with Crippen molar-refractivity contribution in [1.82, 2.24) is 29.7 Å². The monoisotopic (exact) mass is 365 g/mol. The summed E-state index contributed by atoms with van der Waals surface area (Å²) in [6.07, 6.45) is 1.68. The zero-order chi connectivity index (χ0) is 18.5. The smallest absolute Gasteiger partial charge is 0.383 e. The second kappa shape index (κ2) is 5.97. The molecule has 1 saturated heterocycles. The number of nitrogen functional groups attached to an aromatic ring is 1. The van der Waals surface area contributed by atoms with Gasteiger partial charge in [0, 0.05) is 36.8 Å². The summed E-state index contributed by atoms with van der Waals surface area (Å²) < 4.78 is 43.9. The van der Waals surface area contributed by atoms with Gasteiger partial charge in [0.05, 0.1) is 18.1 Å². The number of hydrogen-bond donors (Lipinski definition) is 2. The van der Waals surface area contributed by atoms with Gasteiger partial charge in [-0.3, -0.25) is 4.68 Å². The third-order valence-corrected chi connectivity index (χ3v) is 4.69. The third kappa shape index (κ3) is 2.70. The van der Waals surface area contributed by atoms with Gasteiger partial charge in [0.25, 0.3) is 0 Å². The standard InChI is InChI=1S/C16H18F3N7/c1-25-8-10(6-22-25)11-7-23-26-14(20)12(16(17,18)19)13(24-15(11)26)9-3-2-4-21-5-9/h6-9,21H,2-5,20H2,1H3. The van der Waals surface area contributed by atoms with Gasteiger partial charge in [-0.2, -0.15) is 27.9 Å². The van der Waals surface area contributed by atoms with Crippen molar-refractivity contribution in [1.29, 1.82) is 0 Å². The van der Waals surface area contributed by atoms with E-state index in [1.165, 1.54) is 6.20 Å². The van der Waals surface area contributed by atoms with Gasteiger partial charge in [-0.15, -0.1) is 0 Å². The molecule has 0 radical (unpaired) electrons. The fourth-order valence-corrected chi connectivity index (χ4v) is 3.47. The molecule has 10 heteroatoms. The molecule has 0 saturated carbocycles. The van der Waals surface area contributed by atoms with Gasteiger partial charge in [-0.05, 0) is 19.4 Å². The average molecular weight is 365 g/mol. The van der Waals surface area contributed by atoms with Crippen molar-refractivity contribution in [2.45, 2.75) is 24.9 Å². The molecule has 1 fully saturated rings. The van der Waals surface area contributed by atoms with E-state index in [1.807, 2.05) is 0 Å². The Labute approximate surface area is 147 Å². The number of aryl methyl sites for hydroxylation is 1. The van der Waals surface area contributed by atoms with Gasteiger partial charge in [0.2, 0.25) is 0 Å². The predicted molar refractivity (Wildman–Crippen MR) is 89.4 cm³/mol. The lowest BCUT2D eigenvalue weighted by molar-refractivity contribution is -0.138. The molecular formula is C16H18F3N7. The maximum absolute atomic E-state index is 13.7. The normalized spacial score (nSPS) is 18.5. The van der Waals surface area contributed by atoms with Crippen LogP contribution < -0.4 is 11.1 Å². The van der Waals surface area contributed by atoms with E-state index in [2.05, 4.69) is 20.5 Å². The summed E-state index contributed by atoms with van der Waals surface area (Å²) in [7, 11) is 1.76. The predicted octanol–water partition coefficient (Wildman–Crippen LogP) is 2.20. The lowest BCUT2D eigenvalue weighted by Gasteiger charge is -2.26. The molecule has 3 aromatic heterocycles. The fourth-order valence-electron chi connectivity index (χ4n) is 3.47. The first-order chi connectivity index (χ1) is 12.4. The van der Waals surface area contributed by atoms with E-state index < -0.39 is 17.6 Å². The molecule has 0 aliphatic carbocycles. The second-order valence-corrected chi connectivity index (χ2v) is 6.49. The van der Waals surface area contributed by atoms with Gasteiger partial charge in [-0.25, -0.2) is 4.98 Å². The molecule has 7 nitrogen and oxygen atoms in total. The Morgan fingerprint density at radius 3 is 2.69 bits per heavy atom. The summed E-state index contributed by atoms with van der Waals surface area (Å²) in [5, 5.41) is 11.3. The Hall–Kier alpha value is -2.62. The number of aromatic nitrogens is 5. The van der Waals surface area contributed by atoms with Crippen LogP contribution in [-0.4, -0.2) is 37.5 Å². The highest BCUT2D eigenvalue weighted by atomic mass is 19.4. The van der Waals surface area contributed by atoms with E-state index in [9.17, 15) is 13.2 Å². The van der Waals surface area contributed by atoms with Crippen LogP contribution in [0.2, 0.25) is 0 Å². The Balaban J connectivity index is 1.97. The van der Waals surface area contributed by atoms with E-state index >= 15 is 0 Å².